The molecule has 2 aromatic carbocycles. The average Bonchev–Trinajstić information content (AvgIpc) is 3.01. The number of carbonyl (C=O) groups excluding carboxylic acids is 1. The van der Waals surface area contributed by atoms with E-state index in [-0.39, 0.29) is 65.6 Å². The second kappa shape index (κ2) is 14.5. The largest absolute Gasteiger partial charge is 0.493 e. The Kier molecular flexibility index (Phi) is 10.9. The zero-order valence-corrected chi connectivity index (χ0v) is 29.1. The van der Waals surface area contributed by atoms with E-state index < -0.39 is 27.7 Å². The number of methoxy groups -OCH3 is 1. The van der Waals surface area contributed by atoms with Crippen molar-refractivity contribution in [2.45, 2.75) is 63.9 Å². The molecule has 1 fully saturated rings. The molecule has 0 spiro atoms. The standard InChI is InChI=1S/C33H43N5O9S/c1-32(2,3)22-12-14-23(15-13-22)48(42,43)36-28-27(46-25-11-9-8-10-24(25)44-7)29(45-21-16-26(39)40)35-30(34-28)37-17-19-38(20-18-37)31(41)47-33(4,5)6/h8-15H,16-21H2,1-7H3,(H,39,40)(H,34,35,36). The van der Waals surface area contributed by atoms with Crippen LogP contribution in [-0.4, -0.2) is 86.0 Å². The van der Waals surface area contributed by atoms with Crippen LogP contribution in [0, 0.1) is 0 Å². The van der Waals surface area contributed by atoms with Crippen LogP contribution in [0.3, 0.4) is 0 Å². The van der Waals surface area contributed by atoms with Gasteiger partial charge in [0, 0.05) is 26.2 Å². The number of anilines is 2. The molecule has 3 aromatic rings. The average molecular weight is 686 g/mol. The Labute approximate surface area is 281 Å². The Morgan fingerprint density at radius 1 is 0.917 bits per heavy atom. The summed E-state index contributed by atoms with van der Waals surface area (Å²) in [5, 5.41) is 9.26. The number of nitrogens with zero attached hydrogens (tertiary/aromatic N) is 4. The Hall–Kier alpha value is -4.79. The summed E-state index contributed by atoms with van der Waals surface area (Å²) in [5.74, 6) is -1.11. The van der Waals surface area contributed by atoms with Gasteiger partial charge in [0.1, 0.15) is 12.2 Å². The quantitative estimate of drug-likeness (QED) is 0.268. The lowest BCUT2D eigenvalue weighted by atomic mass is 9.87. The number of hydrogen-bond donors (Lipinski definition) is 2. The van der Waals surface area contributed by atoms with Gasteiger partial charge in [0.25, 0.3) is 15.9 Å². The fourth-order valence-electron chi connectivity index (χ4n) is 4.60. The molecule has 260 valence electrons. The summed E-state index contributed by atoms with van der Waals surface area (Å²) >= 11 is 0. The number of amides is 1. The first-order chi connectivity index (χ1) is 22.5. The highest BCUT2D eigenvalue weighted by atomic mass is 32.2. The van der Waals surface area contributed by atoms with Gasteiger partial charge >= 0.3 is 12.1 Å². The Morgan fingerprint density at radius 2 is 1.54 bits per heavy atom. The van der Waals surface area contributed by atoms with Crippen molar-refractivity contribution < 1.29 is 42.1 Å². The third-order valence-electron chi connectivity index (χ3n) is 7.13. The van der Waals surface area contributed by atoms with E-state index in [1.807, 2.05) is 20.8 Å². The summed E-state index contributed by atoms with van der Waals surface area (Å²) in [6.07, 6.45) is -0.810. The Balaban J connectivity index is 1.77. The smallest absolute Gasteiger partial charge is 0.410 e. The van der Waals surface area contributed by atoms with Crippen LogP contribution in [0.2, 0.25) is 0 Å². The highest BCUT2D eigenvalue weighted by molar-refractivity contribution is 7.92. The molecule has 0 aliphatic carbocycles. The molecule has 1 amide bonds. The summed E-state index contributed by atoms with van der Waals surface area (Å²) in [6, 6.07) is 13.2. The molecule has 14 nitrogen and oxygen atoms in total. The van der Waals surface area contributed by atoms with Crippen molar-refractivity contribution >= 4 is 33.9 Å². The molecular formula is C33H43N5O9S. The highest BCUT2D eigenvalue weighted by Crippen LogP contribution is 2.42. The molecule has 2 heterocycles. The zero-order valence-electron chi connectivity index (χ0n) is 28.3. The van der Waals surface area contributed by atoms with E-state index in [4.69, 9.17) is 18.9 Å². The lowest BCUT2D eigenvalue weighted by Crippen LogP contribution is -2.50. The number of carbonyl (C=O) groups is 2. The molecule has 0 bridgehead atoms. The Bertz CT molecular complexity index is 1710. The first-order valence-corrected chi connectivity index (χ1v) is 16.9. The first kappa shape index (κ1) is 36.1. The van der Waals surface area contributed by atoms with Crippen LogP contribution in [0.5, 0.6) is 23.1 Å². The molecule has 0 atom stereocenters. The minimum absolute atomic E-state index is 0.0155. The number of carboxylic acids is 1. The number of para-hydroxylation sites is 2. The normalized spacial score (nSPS) is 13.9. The number of sulfonamides is 1. The van der Waals surface area contributed by atoms with Crippen molar-refractivity contribution in [2.24, 2.45) is 0 Å². The monoisotopic (exact) mass is 685 g/mol. The lowest BCUT2D eigenvalue weighted by Gasteiger charge is -2.35. The van der Waals surface area contributed by atoms with Crippen molar-refractivity contribution in [3.63, 3.8) is 0 Å². The molecule has 1 aliphatic rings. The number of aliphatic carboxylic acids is 1. The number of benzene rings is 2. The van der Waals surface area contributed by atoms with Crippen molar-refractivity contribution in [3.05, 3.63) is 54.1 Å². The van der Waals surface area contributed by atoms with Gasteiger partial charge in [-0.15, -0.1) is 0 Å². The molecule has 15 heteroatoms. The molecule has 1 aliphatic heterocycles. The number of rotatable bonds is 11. The molecule has 2 N–H and O–H groups in total. The molecule has 4 rings (SSSR count). The number of nitrogens with one attached hydrogen (secondary N) is 1. The topological polar surface area (TPSA) is 170 Å². The highest BCUT2D eigenvalue weighted by Gasteiger charge is 2.30. The predicted octanol–water partition coefficient (Wildman–Crippen LogP) is 5.29. The summed E-state index contributed by atoms with van der Waals surface area (Å²) in [6.45, 7) is 12.3. The van der Waals surface area contributed by atoms with Gasteiger partial charge in [-0.05, 0) is 56.0 Å². The number of piperazine rings is 1. The second-order valence-electron chi connectivity index (χ2n) is 13.1. The van der Waals surface area contributed by atoms with Crippen LogP contribution in [0.15, 0.2) is 53.4 Å². The van der Waals surface area contributed by atoms with E-state index in [1.54, 1.807) is 67.0 Å². The van der Waals surface area contributed by atoms with Gasteiger partial charge in [-0.25, -0.2) is 13.2 Å². The molecule has 1 saturated heterocycles. The van der Waals surface area contributed by atoms with Crippen molar-refractivity contribution in [1.29, 1.82) is 0 Å². The lowest BCUT2D eigenvalue weighted by molar-refractivity contribution is -0.137. The number of hydrogen-bond acceptors (Lipinski definition) is 11. The summed E-state index contributed by atoms with van der Waals surface area (Å²) in [5.41, 5.74) is 0.101. The summed E-state index contributed by atoms with van der Waals surface area (Å²) < 4.78 is 53.0. The fourth-order valence-corrected chi connectivity index (χ4v) is 5.61. The maximum Gasteiger partial charge on any atom is 0.410 e. The number of ether oxygens (including phenoxy) is 4. The SMILES string of the molecule is COc1ccccc1Oc1c(NS(=O)(=O)c2ccc(C(C)(C)C)cc2)nc(N2CCN(C(=O)OC(C)(C)C)CC2)nc1OCCC(=O)O. The van der Waals surface area contributed by atoms with Crippen molar-refractivity contribution in [3.8, 4) is 23.1 Å². The third kappa shape index (κ3) is 9.40. The van der Waals surface area contributed by atoms with Crippen LogP contribution in [0.25, 0.3) is 0 Å². The maximum absolute atomic E-state index is 13.8. The van der Waals surface area contributed by atoms with E-state index in [9.17, 15) is 23.1 Å². The first-order valence-electron chi connectivity index (χ1n) is 15.4. The number of aromatic nitrogens is 2. The summed E-state index contributed by atoms with van der Waals surface area (Å²) in [7, 11) is -2.78. The predicted molar refractivity (Wildman–Crippen MR) is 179 cm³/mol. The molecule has 0 radical (unpaired) electrons. The molecule has 0 unspecified atom stereocenters. The van der Waals surface area contributed by atoms with Crippen LogP contribution in [0.1, 0.15) is 53.5 Å². The van der Waals surface area contributed by atoms with Gasteiger partial charge in [-0.3, -0.25) is 9.52 Å². The third-order valence-corrected chi connectivity index (χ3v) is 8.49. The van der Waals surface area contributed by atoms with E-state index in [0.717, 1.165) is 5.56 Å². The van der Waals surface area contributed by atoms with Gasteiger partial charge in [-0.2, -0.15) is 9.97 Å². The van der Waals surface area contributed by atoms with Crippen LogP contribution >= 0.6 is 0 Å². The van der Waals surface area contributed by atoms with Crippen LogP contribution in [0.4, 0.5) is 16.6 Å². The second-order valence-corrected chi connectivity index (χ2v) is 14.8. The van der Waals surface area contributed by atoms with Gasteiger partial charge in [-0.1, -0.05) is 45.0 Å². The fraction of sp³-hybridized carbons (Fsp3) is 0.455. The van der Waals surface area contributed by atoms with E-state index in [1.165, 1.54) is 19.2 Å². The summed E-state index contributed by atoms with van der Waals surface area (Å²) in [4.78, 5) is 36.4. The van der Waals surface area contributed by atoms with Gasteiger partial charge in [0.15, 0.2) is 17.3 Å². The van der Waals surface area contributed by atoms with Crippen molar-refractivity contribution in [1.82, 2.24) is 14.9 Å². The van der Waals surface area contributed by atoms with Crippen LogP contribution < -0.4 is 23.8 Å². The molecular weight excluding hydrogens is 642 g/mol. The Morgan fingerprint density at radius 3 is 2.10 bits per heavy atom. The van der Waals surface area contributed by atoms with Gasteiger partial charge < -0.3 is 33.9 Å². The van der Waals surface area contributed by atoms with E-state index in [2.05, 4.69) is 14.7 Å². The number of carboxylic acid groups (broad SMARTS) is 1. The van der Waals surface area contributed by atoms with Gasteiger partial charge in [0.05, 0.1) is 18.4 Å². The van der Waals surface area contributed by atoms with E-state index >= 15 is 0 Å². The molecule has 48 heavy (non-hydrogen) atoms. The minimum atomic E-state index is -4.23. The maximum atomic E-state index is 13.8. The van der Waals surface area contributed by atoms with E-state index in [0.29, 0.717) is 18.8 Å². The minimum Gasteiger partial charge on any atom is -0.493 e. The van der Waals surface area contributed by atoms with Gasteiger partial charge in [0.2, 0.25) is 11.7 Å². The van der Waals surface area contributed by atoms with Crippen LogP contribution in [-0.2, 0) is 25.0 Å². The van der Waals surface area contributed by atoms with Crippen molar-refractivity contribution in [2.75, 3.05) is 49.5 Å². The molecule has 1 aromatic heterocycles. The molecule has 0 saturated carbocycles. The zero-order chi connectivity index (χ0) is 35.3.